The van der Waals surface area contributed by atoms with Crippen LogP contribution in [0.15, 0.2) is 0 Å². The maximum absolute atomic E-state index is 11.1. The van der Waals surface area contributed by atoms with Gasteiger partial charge in [-0.1, -0.05) is 0 Å². The Kier molecular flexibility index (Phi) is 10.6. The molecule has 58 valence electrons. The molecule has 0 rings (SSSR count). The van der Waals surface area contributed by atoms with Gasteiger partial charge in [-0.3, -0.25) is 0 Å². The van der Waals surface area contributed by atoms with Gasteiger partial charge in [0.15, 0.2) is 0 Å². The second-order valence-corrected chi connectivity index (χ2v) is 1.27. The van der Waals surface area contributed by atoms with Gasteiger partial charge in [0.1, 0.15) is 0 Å². The van der Waals surface area contributed by atoms with Crippen molar-refractivity contribution in [2.75, 3.05) is 13.2 Å². The average Bonchev–Trinajstić information content (AvgIpc) is 1.66. The smallest absolute Gasteiger partial charge is 0.330 e. The Morgan fingerprint density at radius 3 is 2.33 bits per heavy atom. The van der Waals surface area contributed by atoms with Crippen molar-refractivity contribution in [3.63, 3.8) is 0 Å². The lowest BCUT2D eigenvalue weighted by Gasteiger charge is -1.97. The molecule has 0 aliphatic carbocycles. The van der Waals surface area contributed by atoms with Crippen LogP contribution >= 0.6 is 12.4 Å². The monoisotopic (exact) mass is 161 g/mol. The van der Waals surface area contributed by atoms with E-state index < -0.39 is 6.61 Å². The van der Waals surface area contributed by atoms with Crippen LogP contribution in [-0.4, -0.2) is 19.8 Å². The first-order valence-corrected chi connectivity index (χ1v) is 2.37. The Hall–Kier alpha value is 0.0700. The van der Waals surface area contributed by atoms with Gasteiger partial charge in [0, 0.05) is 0 Å². The summed E-state index contributed by atoms with van der Waals surface area (Å²) in [7, 11) is 0. The maximum Gasteiger partial charge on any atom is 0.345 e. The van der Waals surface area contributed by atoms with E-state index in [-0.39, 0.29) is 19.0 Å². The van der Waals surface area contributed by atoms with Gasteiger partial charge < -0.3 is 10.5 Å². The fourth-order valence-corrected chi connectivity index (χ4v) is 0.256. The molecule has 0 fully saturated rings. The van der Waals surface area contributed by atoms with Crippen molar-refractivity contribution < 1.29 is 13.5 Å². The topological polar surface area (TPSA) is 35.2 Å². The Labute approximate surface area is 58.8 Å². The van der Waals surface area contributed by atoms with E-state index in [0.29, 0.717) is 13.0 Å². The van der Waals surface area contributed by atoms with Crippen molar-refractivity contribution >= 4 is 12.4 Å². The lowest BCUT2D eigenvalue weighted by atomic mass is 10.5. The molecule has 0 heterocycles. The summed E-state index contributed by atoms with van der Waals surface area (Å²) in [6.45, 7) is -2.21. The Bertz CT molecular complexity index is 55.8. The third-order valence-electron chi connectivity index (χ3n) is 0.592. The van der Waals surface area contributed by atoms with Crippen molar-refractivity contribution in [2.45, 2.75) is 13.0 Å². The second kappa shape index (κ2) is 8.07. The van der Waals surface area contributed by atoms with Gasteiger partial charge in [0.2, 0.25) is 0 Å². The van der Waals surface area contributed by atoms with E-state index >= 15 is 0 Å². The minimum absolute atomic E-state index is 0. The standard InChI is InChI=1S/C4H9F2NO.ClH/c5-4(6)8-3-1-2-7;/h4H,1-3,7H2;1H. The summed E-state index contributed by atoms with van der Waals surface area (Å²) in [5, 5.41) is 0. The van der Waals surface area contributed by atoms with Crippen LogP contribution in [0.1, 0.15) is 6.42 Å². The average molecular weight is 162 g/mol. The van der Waals surface area contributed by atoms with E-state index in [1.165, 1.54) is 0 Å². The second-order valence-electron chi connectivity index (χ2n) is 1.27. The molecular formula is C4H10ClF2NO. The first-order chi connectivity index (χ1) is 3.77. The Balaban J connectivity index is 0. The molecule has 5 heteroatoms. The lowest BCUT2D eigenvalue weighted by Crippen LogP contribution is -2.06. The SMILES string of the molecule is Cl.NCCCOC(F)F. The number of ether oxygens (including phenoxy) is 1. The minimum atomic E-state index is -2.65. The third kappa shape index (κ3) is 11.6. The van der Waals surface area contributed by atoms with Gasteiger partial charge in [0.05, 0.1) is 6.61 Å². The molecule has 0 aromatic heterocycles. The number of hydrogen-bond acceptors (Lipinski definition) is 2. The number of rotatable bonds is 4. The first-order valence-electron chi connectivity index (χ1n) is 2.37. The van der Waals surface area contributed by atoms with Gasteiger partial charge >= 0.3 is 6.61 Å². The van der Waals surface area contributed by atoms with Crippen LogP contribution in [0.5, 0.6) is 0 Å². The Morgan fingerprint density at radius 1 is 1.44 bits per heavy atom. The molecule has 0 saturated heterocycles. The van der Waals surface area contributed by atoms with E-state index in [9.17, 15) is 8.78 Å². The molecule has 0 spiro atoms. The van der Waals surface area contributed by atoms with Crippen LogP contribution < -0.4 is 5.73 Å². The van der Waals surface area contributed by atoms with Crippen LogP contribution in [0.25, 0.3) is 0 Å². The van der Waals surface area contributed by atoms with Crippen molar-refractivity contribution in [3.8, 4) is 0 Å². The first kappa shape index (κ1) is 11.8. The molecule has 0 unspecified atom stereocenters. The van der Waals surface area contributed by atoms with Crippen LogP contribution in [0.4, 0.5) is 8.78 Å². The summed E-state index contributed by atoms with van der Waals surface area (Å²) >= 11 is 0. The summed E-state index contributed by atoms with van der Waals surface area (Å²) in [4.78, 5) is 0. The van der Waals surface area contributed by atoms with E-state index in [1.807, 2.05) is 0 Å². The zero-order valence-corrected chi connectivity index (χ0v) is 5.66. The molecule has 0 aromatic rings. The molecule has 0 bridgehead atoms. The van der Waals surface area contributed by atoms with Crippen LogP contribution in [0.2, 0.25) is 0 Å². The fourth-order valence-electron chi connectivity index (χ4n) is 0.256. The predicted molar refractivity (Wildman–Crippen MR) is 32.9 cm³/mol. The van der Waals surface area contributed by atoms with Crippen LogP contribution in [0, 0.1) is 0 Å². The van der Waals surface area contributed by atoms with Gasteiger partial charge in [0.25, 0.3) is 0 Å². The molecule has 2 N–H and O–H groups in total. The predicted octanol–water partition coefficient (Wildman–Crippen LogP) is 0.996. The summed E-state index contributed by atoms with van der Waals surface area (Å²) < 4.78 is 26.1. The molecule has 9 heavy (non-hydrogen) atoms. The van der Waals surface area contributed by atoms with Crippen molar-refractivity contribution in [1.82, 2.24) is 0 Å². The summed E-state index contributed by atoms with van der Waals surface area (Å²) in [5.74, 6) is 0. The molecular weight excluding hydrogens is 151 g/mol. The van der Waals surface area contributed by atoms with Crippen molar-refractivity contribution in [1.29, 1.82) is 0 Å². The molecule has 0 saturated carbocycles. The maximum atomic E-state index is 11.1. The number of nitrogens with two attached hydrogens (primary N) is 1. The molecule has 0 radical (unpaired) electrons. The highest BCUT2D eigenvalue weighted by Gasteiger charge is 1.97. The van der Waals surface area contributed by atoms with E-state index in [0.717, 1.165) is 0 Å². The molecule has 0 aliphatic rings. The molecule has 0 aliphatic heterocycles. The van der Waals surface area contributed by atoms with Crippen LogP contribution in [0.3, 0.4) is 0 Å². The highest BCUT2D eigenvalue weighted by Crippen LogP contribution is 1.93. The van der Waals surface area contributed by atoms with Gasteiger partial charge in [-0.2, -0.15) is 8.78 Å². The van der Waals surface area contributed by atoms with Crippen molar-refractivity contribution in [2.24, 2.45) is 5.73 Å². The lowest BCUT2D eigenvalue weighted by molar-refractivity contribution is -0.128. The fraction of sp³-hybridized carbons (Fsp3) is 1.00. The zero-order chi connectivity index (χ0) is 6.41. The quantitative estimate of drug-likeness (QED) is 0.625. The normalized spacial score (nSPS) is 9.33. The molecule has 0 aromatic carbocycles. The third-order valence-corrected chi connectivity index (χ3v) is 0.592. The zero-order valence-electron chi connectivity index (χ0n) is 4.85. The molecule has 0 atom stereocenters. The summed E-state index contributed by atoms with van der Waals surface area (Å²) in [6.07, 6.45) is 0.490. The van der Waals surface area contributed by atoms with E-state index in [1.54, 1.807) is 0 Å². The van der Waals surface area contributed by atoms with E-state index in [2.05, 4.69) is 4.74 Å². The highest BCUT2D eigenvalue weighted by molar-refractivity contribution is 5.85. The van der Waals surface area contributed by atoms with Gasteiger partial charge in [-0.15, -0.1) is 12.4 Å². The van der Waals surface area contributed by atoms with Gasteiger partial charge in [-0.05, 0) is 13.0 Å². The minimum Gasteiger partial charge on any atom is -0.330 e. The highest BCUT2D eigenvalue weighted by atomic mass is 35.5. The number of alkyl halides is 2. The van der Waals surface area contributed by atoms with E-state index in [4.69, 9.17) is 5.73 Å². The molecule has 2 nitrogen and oxygen atoms in total. The molecule has 0 amide bonds. The Morgan fingerprint density at radius 2 is 2.00 bits per heavy atom. The van der Waals surface area contributed by atoms with Crippen LogP contribution in [-0.2, 0) is 4.74 Å². The van der Waals surface area contributed by atoms with Gasteiger partial charge in [-0.25, -0.2) is 0 Å². The summed E-state index contributed by atoms with van der Waals surface area (Å²) in [6, 6.07) is 0. The van der Waals surface area contributed by atoms with Crippen molar-refractivity contribution in [3.05, 3.63) is 0 Å². The number of hydrogen-bond donors (Lipinski definition) is 1. The number of halogens is 3. The largest absolute Gasteiger partial charge is 0.345 e. The summed E-state index contributed by atoms with van der Waals surface area (Å²) in [5.41, 5.74) is 4.99.